The Morgan fingerprint density at radius 3 is 2.67 bits per heavy atom. The number of rotatable bonds is 6. The fourth-order valence-electron chi connectivity index (χ4n) is 2.10. The molecule has 0 aliphatic rings. The van der Waals surface area contributed by atoms with Crippen molar-refractivity contribution in [2.45, 2.75) is 40.7 Å². The van der Waals surface area contributed by atoms with E-state index in [1.165, 1.54) is 5.56 Å². The van der Waals surface area contributed by atoms with E-state index in [0.717, 1.165) is 36.7 Å². The highest BCUT2D eigenvalue weighted by Gasteiger charge is 2.08. The first kappa shape index (κ1) is 16.0. The van der Waals surface area contributed by atoms with Crippen molar-refractivity contribution in [1.82, 2.24) is 20.1 Å². The van der Waals surface area contributed by atoms with E-state index in [1.54, 1.807) is 4.68 Å². The van der Waals surface area contributed by atoms with Gasteiger partial charge in [-0.1, -0.05) is 32.4 Å². The average Bonchev–Trinajstić information content (AvgIpc) is 2.78. The lowest BCUT2D eigenvalue weighted by atomic mass is 10.1. The Bertz CT molecular complexity index is 585. The molecule has 2 aromatic heterocycles. The van der Waals surface area contributed by atoms with Crippen molar-refractivity contribution < 1.29 is 0 Å². The number of aryl methyl sites for hydroxylation is 2. The van der Waals surface area contributed by atoms with Crippen LogP contribution in [-0.2, 0) is 13.0 Å². The lowest BCUT2D eigenvalue weighted by molar-refractivity contribution is 0.552. The van der Waals surface area contributed by atoms with Gasteiger partial charge in [0.15, 0.2) is 5.82 Å². The molecule has 0 spiro atoms. The van der Waals surface area contributed by atoms with Crippen LogP contribution in [0.3, 0.4) is 0 Å². The summed E-state index contributed by atoms with van der Waals surface area (Å²) in [7, 11) is 0. The molecule has 2 heterocycles. The molecular weight excluding hydrogens is 284 g/mol. The molecule has 114 valence electrons. The van der Waals surface area contributed by atoms with Gasteiger partial charge in [-0.05, 0) is 43.5 Å². The third kappa shape index (κ3) is 4.29. The van der Waals surface area contributed by atoms with Crippen molar-refractivity contribution in [1.29, 1.82) is 0 Å². The maximum absolute atomic E-state index is 6.09. The van der Waals surface area contributed by atoms with E-state index in [1.807, 2.05) is 13.1 Å². The van der Waals surface area contributed by atoms with Gasteiger partial charge in [0.1, 0.15) is 0 Å². The van der Waals surface area contributed by atoms with Crippen molar-refractivity contribution in [2.75, 3.05) is 6.54 Å². The van der Waals surface area contributed by atoms with Crippen LogP contribution in [0.2, 0.25) is 5.02 Å². The minimum atomic E-state index is 0.643. The number of aromatic nitrogens is 3. The molecule has 2 aromatic rings. The highest BCUT2D eigenvalue weighted by Crippen LogP contribution is 2.17. The molecule has 0 bridgehead atoms. The standard InChI is InChI=1S/C16H23ClN4/c1-5-14-6-13(9-18-8-11(2)3)7-16(19-14)21-10-15(17)12(4)20-21/h6-7,10-11,18H,5,8-9H2,1-4H3. The summed E-state index contributed by atoms with van der Waals surface area (Å²) >= 11 is 6.09. The highest BCUT2D eigenvalue weighted by molar-refractivity contribution is 6.31. The Labute approximate surface area is 131 Å². The fourth-order valence-corrected chi connectivity index (χ4v) is 2.23. The molecule has 0 amide bonds. The zero-order valence-electron chi connectivity index (χ0n) is 13.2. The predicted octanol–water partition coefficient (Wildman–Crippen LogP) is 3.54. The van der Waals surface area contributed by atoms with Crippen molar-refractivity contribution in [3.05, 3.63) is 40.3 Å². The van der Waals surface area contributed by atoms with Crippen LogP contribution < -0.4 is 5.32 Å². The summed E-state index contributed by atoms with van der Waals surface area (Å²) in [6.45, 7) is 10.3. The van der Waals surface area contributed by atoms with Gasteiger partial charge >= 0.3 is 0 Å². The van der Waals surface area contributed by atoms with Crippen molar-refractivity contribution in [3.8, 4) is 5.82 Å². The molecule has 21 heavy (non-hydrogen) atoms. The van der Waals surface area contributed by atoms with E-state index < -0.39 is 0 Å². The zero-order valence-corrected chi connectivity index (χ0v) is 13.9. The maximum Gasteiger partial charge on any atom is 0.153 e. The first-order chi connectivity index (χ1) is 9.99. The number of pyridine rings is 1. The molecule has 0 saturated heterocycles. The summed E-state index contributed by atoms with van der Waals surface area (Å²) in [5.41, 5.74) is 3.11. The van der Waals surface area contributed by atoms with Crippen LogP contribution in [0.5, 0.6) is 0 Å². The molecule has 0 radical (unpaired) electrons. The summed E-state index contributed by atoms with van der Waals surface area (Å²) in [6, 6.07) is 4.21. The molecule has 0 aliphatic heterocycles. The Balaban J connectivity index is 2.24. The Morgan fingerprint density at radius 2 is 2.10 bits per heavy atom. The summed E-state index contributed by atoms with van der Waals surface area (Å²) in [4.78, 5) is 4.63. The molecule has 0 aliphatic carbocycles. The minimum absolute atomic E-state index is 0.643. The largest absolute Gasteiger partial charge is 0.312 e. The smallest absolute Gasteiger partial charge is 0.153 e. The SMILES string of the molecule is CCc1cc(CNCC(C)C)cc(-n2cc(Cl)c(C)n2)n1. The van der Waals surface area contributed by atoms with Crippen LogP contribution >= 0.6 is 11.6 Å². The predicted molar refractivity (Wildman–Crippen MR) is 87.0 cm³/mol. The highest BCUT2D eigenvalue weighted by atomic mass is 35.5. The number of hydrogen-bond donors (Lipinski definition) is 1. The molecule has 0 unspecified atom stereocenters. The molecule has 0 fully saturated rings. The normalized spacial score (nSPS) is 11.3. The number of nitrogens with one attached hydrogen (secondary N) is 1. The quantitative estimate of drug-likeness (QED) is 0.887. The van der Waals surface area contributed by atoms with E-state index in [2.05, 4.69) is 48.3 Å². The summed E-state index contributed by atoms with van der Waals surface area (Å²) in [5, 5.41) is 8.54. The number of hydrogen-bond acceptors (Lipinski definition) is 3. The van der Waals surface area contributed by atoms with Gasteiger partial charge in [-0.3, -0.25) is 0 Å². The third-order valence-electron chi connectivity index (χ3n) is 3.24. The van der Waals surface area contributed by atoms with E-state index in [4.69, 9.17) is 11.6 Å². The van der Waals surface area contributed by atoms with E-state index in [-0.39, 0.29) is 0 Å². The van der Waals surface area contributed by atoms with E-state index in [9.17, 15) is 0 Å². The van der Waals surface area contributed by atoms with Crippen LogP contribution in [0.1, 0.15) is 37.7 Å². The lowest BCUT2D eigenvalue weighted by Gasteiger charge is -2.10. The van der Waals surface area contributed by atoms with Gasteiger partial charge < -0.3 is 5.32 Å². The van der Waals surface area contributed by atoms with Crippen LogP contribution in [0, 0.1) is 12.8 Å². The molecule has 2 rings (SSSR count). The van der Waals surface area contributed by atoms with Crippen LogP contribution in [0.15, 0.2) is 18.3 Å². The van der Waals surface area contributed by atoms with Gasteiger partial charge in [0.2, 0.25) is 0 Å². The minimum Gasteiger partial charge on any atom is -0.312 e. The molecule has 0 aromatic carbocycles. The maximum atomic E-state index is 6.09. The van der Waals surface area contributed by atoms with E-state index in [0.29, 0.717) is 10.9 Å². The van der Waals surface area contributed by atoms with Crippen LogP contribution in [0.4, 0.5) is 0 Å². The first-order valence-electron chi connectivity index (χ1n) is 7.42. The van der Waals surface area contributed by atoms with Crippen molar-refractivity contribution in [3.63, 3.8) is 0 Å². The molecule has 0 atom stereocenters. The first-order valence-corrected chi connectivity index (χ1v) is 7.80. The zero-order chi connectivity index (χ0) is 15.4. The summed E-state index contributed by atoms with van der Waals surface area (Å²) in [6.07, 6.45) is 2.71. The molecule has 0 saturated carbocycles. The average molecular weight is 307 g/mol. The number of halogens is 1. The van der Waals surface area contributed by atoms with Gasteiger partial charge in [0, 0.05) is 12.2 Å². The Morgan fingerprint density at radius 1 is 1.33 bits per heavy atom. The molecule has 1 N–H and O–H groups in total. The van der Waals surface area contributed by atoms with Gasteiger partial charge in [-0.2, -0.15) is 5.10 Å². The lowest BCUT2D eigenvalue weighted by Crippen LogP contribution is -2.19. The Hall–Kier alpha value is -1.39. The fraction of sp³-hybridized carbons (Fsp3) is 0.500. The van der Waals surface area contributed by atoms with Crippen molar-refractivity contribution in [2.24, 2.45) is 5.92 Å². The van der Waals surface area contributed by atoms with Crippen molar-refractivity contribution >= 4 is 11.6 Å². The summed E-state index contributed by atoms with van der Waals surface area (Å²) < 4.78 is 1.75. The van der Waals surface area contributed by atoms with Gasteiger partial charge in [0.25, 0.3) is 0 Å². The molecule has 5 heteroatoms. The third-order valence-corrected chi connectivity index (χ3v) is 3.61. The monoisotopic (exact) mass is 306 g/mol. The second kappa shape index (κ2) is 7.05. The van der Waals surface area contributed by atoms with E-state index >= 15 is 0 Å². The van der Waals surface area contributed by atoms with Crippen LogP contribution in [0.25, 0.3) is 5.82 Å². The molecular formula is C16H23ClN4. The summed E-state index contributed by atoms with van der Waals surface area (Å²) in [5.74, 6) is 1.47. The van der Waals surface area contributed by atoms with Gasteiger partial charge in [-0.15, -0.1) is 0 Å². The second-order valence-corrected chi connectivity index (χ2v) is 6.12. The number of nitrogens with zero attached hydrogens (tertiary/aromatic N) is 3. The Kier molecular flexibility index (Phi) is 5.37. The van der Waals surface area contributed by atoms with Gasteiger partial charge in [0.05, 0.1) is 16.9 Å². The van der Waals surface area contributed by atoms with Crippen LogP contribution in [-0.4, -0.2) is 21.3 Å². The second-order valence-electron chi connectivity index (χ2n) is 5.71. The van der Waals surface area contributed by atoms with Gasteiger partial charge in [-0.25, -0.2) is 9.67 Å². The molecule has 4 nitrogen and oxygen atoms in total. The topological polar surface area (TPSA) is 42.7 Å².